The van der Waals surface area contributed by atoms with Crippen LogP contribution in [0.4, 0.5) is 0 Å². The zero-order valence-corrected chi connectivity index (χ0v) is 20.7. The second-order valence-corrected chi connectivity index (χ2v) is 9.05. The molecule has 0 aliphatic rings. The van der Waals surface area contributed by atoms with Gasteiger partial charge in [-0.05, 0) is 61.9 Å². The SMILES string of the molecule is CCNC(=NCc1sccc1C)NCCNS(=O)(=O)c1cc(C)ccc1C.I. The van der Waals surface area contributed by atoms with Crippen molar-refractivity contribution in [1.82, 2.24) is 15.4 Å². The average Bonchev–Trinajstić information content (AvgIpc) is 3.03. The van der Waals surface area contributed by atoms with Gasteiger partial charge in [-0.25, -0.2) is 18.1 Å². The van der Waals surface area contributed by atoms with Crippen molar-refractivity contribution < 1.29 is 8.42 Å². The third-order valence-corrected chi connectivity index (χ3v) is 6.65. The summed E-state index contributed by atoms with van der Waals surface area (Å²) in [7, 11) is -3.53. The first-order chi connectivity index (χ1) is 12.8. The number of aryl methyl sites for hydroxylation is 3. The van der Waals surface area contributed by atoms with Crippen LogP contribution in [-0.2, 0) is 16.6 Å². The molecule has 0 aliphatic heterocycles. The molecule has 156 valence electrons. The normalized spacial score (nSPS) is 11.8. The number of benzene rings is 1. The van der Waals surface area contributed by atoms with E-state index >= 15 is 0 Å². The lowest BCUT2D eigenvalue weighted by atomic mass is 10.2. The molecule has 1 aromatic heterocycles. The first-order valence-electron chi connectivity index (χ1n) is 8.95. The maximum Gasteiger partial charge on any atom is 0.240 e. The molecule has 0 bridgehead atoms. The summed E-state index contributed by atoms with van der Waals surface area (Å²) in [5.41, 5.74) is 2.90. The van der Waals surface area contributed by atoms with Gasteiger partial charge in [0.15, 0.2) is 5.96 Å². The highest BCUT2D eigenvalue weighted by atomic mass is 127. The number of aliphatic imine (C=N–C) groups is 1. The first kappa shape index (κ1) is 24.9. The van der Waals surface area contributed by atoms with Gasteiger partial charge in [0, 0.05) is 24.5 Å². The average molecular weight is 537 g/mol. The molecule has 0 radical (unpaired) electrons. The van der Waals surface area contributed by atoms with E-state index in [9.17, 15) is 8.42 Å². The van der Waals surface area contributed by atoms with E-state index in [4.69, 9.17) is 0 Å². The van der Waals surface area contributed by atoms with Crippen LogP contribution in [0.1, 0.15) is 28.5 Å². The Morgan fingerprint density at radius 1 is 1.07 bits per heavy atom. The number of guanidine groups is 1. The van der Waals surface area contributed by atoms with Gasteiger partial charge in [-0.15, -0.1) is 35.3 Å². The van der Waals surface area contributed by atoms with Crippen molar-refractivity contribution in [2.24, 2.45) is 4.99 Å². The Labute approximate surface area is 189 Å². The van der Waals surface area contributed by atoms with E-state index in [0.717, 1.165) is 17.7 Å². The van der Waals surface area contributed by atoms with Crippen LogP contribution in [0.25, 0.3) is 0 Å². The van der Waals surface area contributed by atoms with Gasteiger partial charge in [0.2, 0.25) is 10.0 Å². The second-order valence-electron chi connectivity index (χ2n) is 6.32. The molecule has 0 aliphatic carbocycles. The number of halogens is 1. The zero-order valence-electron chi connectivity index (χ0n) is 16.7. The summed E-state index contributed by atoms with van der Waals surface area (Å²) < 4.78 is 27.7. The Morgan fingerprint density at radius 3 is 2.46 bits per heavy atom. The molecule has 1 aromatic carbocycles. The molecule has 9 heteroatoms. The van der Waals surface area contributed by atoms with E-state index in [1.807, 2.05) is 26.0 Å². The molecule has 0 saturated carbocycles. The molecular weight excluding hydrogens is 507 g/mol. The monoisotopic (exact) mass is 536 g/mol. The summed E-state index contributed by atoms with van der Waals surface area (Å²) in [6.07, 6.45) is 0. The molecule has 2 rings (SSSR count). The molecule has 6 nitrogen and oxygen atoms in total. The number of nitrogens with one attached hydrogen (secondary N) is 3. The molecule has 0 atom stereocenters. The Balaban J connectivity index is 0.00000392. The van der Waals surface area contributed by atoms with Gasteiger partial charge < -0.3 is 10.6 Å². The molecule has 0 saturated heterocycles. The van der Waals surface area contributed by atoms with Crippen LogP contribution >= 0.6 is 35.3 Å². The minimum Gasteiger partial charge on any atom is -0.357 e. The van der Waals surface area contributed by atoms with E-state index in [2.05, 4.69) is 38.7 Å². The third-order valence-electron chi connectivity index (χ3n) is 4.04. The largest absolute Gasteiger partial charge is 0.357 e. The quantitative estimate of drug-likeness (QED) is 0.209. The smallest absolute Gasteiger partial charge is 0.240 e. The number of hydrogen-bond acceptors (Lipinski definition) is 4. The Bertz CT molecular complexity index is 895. The fraction of sp³-hybridized carbons (Fsp3) is 0.421. The van der Waals surface area contributed by atoms with Crippen molar-refractivity contribution in [3.8, 4) is 0 Å². The summed E-state index contributed by atoms with van der Waals surface area (Å²) in [5.74, 6) is 0.677. The van der Waals surface area contributed by atoms with Gasteiger partial charge in [-0.2, -0.15) is 0 Å². The Morgan fingerprint density at radius 2 is 1.82 bits per heavy atom. The second kappa shape index (κ2) is 11.7. The molecular formula is C19H29IN4O2S2. The lowest BCUT2D eigenvalue weighted by Crippen LogP contribution is -2.41. The molecule has 28 heavy (non-hydrogen) atoms. The van der Waals surface area contributed by atoms with Crippen LogP contribution in [0.3, 0.4) is 0 Å². The first-order valence-corrected chi connectivity index (χ1v) is 11.3. The van der Waals surface area contributed by atoms with Crippen LogP contribution in [0, 0.1) is 20.8 Å². The van der Waals surface area contributed by atoms with Crippen molar-refractivity contribution in [2.75, 3.05) is 19.6 Å². The van der Waals surface area contributed by atoms with Crippen LogP contribution in [0.15, 0.2) is 39.5 Å². The summed E-state index contributed by atoms with van der Waals surface area (Å²) >= 11 is 1.69. The van der Waals surface area contributed by atoms with E-state index in [-0.39, 0.29) is 30.5 Å². The van der Waals surface area contributed by atoms with E-state index in [0.29, 0.717) is 23.9 Å². The van der Waals surface area contributed by atoms with Crippen LogP contribution in [0.2, 0.25) is 0 Å². The van der Waals surface area contributed by atoms with Crippen LogP contribution < -0.4 is 15.4 Å². The molecule has 0 amide bonds. The summed E-state index contributed by atoms with van der Waals surface area (Å²) in [6, 6.07) is 7.51. The predicted octanol–water partition coefficient (Wildman–Crippen LogP) is 3.32. The third kappa shape index (κ3) is 7.34. The molecule has 0 unspecified atom stereocenters. The van der Waals surface area contributed by atoms with Gasteiger partial charge in [0.25, 0.3) is 0 Å². The fourth-order valence-electron chi connectivity index (χ4n) is 2.50. The van der Waals surface area contributed by atoms with Gasteiger partial charge >= 0.3 is 0 Å². The Hall–Kier alpha value is -1.17. The van der Waals surface area contributed by atoms with Crippen LogP contribution in [-0.4, -0.2) is 34.0 Å². The predicted molar refractivity (Wildman–Crippen MR) is 128 cm³/mol. The van der Waals surface area contributed by atoms with Crippen molar-refractivity contribution in [3.63, 3.8) is 0 Å². The van der Waals surface area contributed by atoms with Crippen molar-refractivity contribution in [2.45, 2.75) is 39.1 Å². The fourth-order valence-corrected chi connectivity index (χ4v) is 4.69. The van der Waals surface area contributed by atoms with Gasteiger partial charge in [0.05, 0.1) is 11.4 Å². The summed E-state index contributed by atoms with van der Waals surface area (Å²) in [4.78, 5) is 6.12. The number of rotatable bonds is 8. The van der Waals surface area contributed by atoms with E-state index < -0.39 is 10.0 Å². The zero-order chi connectivity index (χ0) is 19.9. The molecule has 2 aromatic rings. The van der Waals surface area contributed by atoms with Gasteiger partial charge in [-0.1, -0.05) is 12.1 Å². The number of thiophene rings is 1. The molecule has 0 fully saturated rings. The molecule has 3 N–H and O–H groups in total. The lowest BCUT2D eigenvalue weighted by Gasteiger charge is -2.13. The highest BCUT2D eigenvalue weighted by molar-refractivity contribution is 14.0. The number of nitrogens with zero attached hydrogens (tertiary/aromatic N) is 1. The number of hydrogen-bond donors (Lipinski definition) is 3. The maximum absolute atomic E-state index is 12.5. The highest BCUT2D eigenvalue weighted by Crippen LogP contribution is 2.17. The standard InChI is InChI=1S/C19H28N4O2S2.HI/c1-5-20-19(22-13-17-15(3)8-11-26-17)21-9-10-23-27(24,25)18-12-14(2)6-7-16(18)4;/h6-8,11-12,23H,5,9-10,13H2,1-4H3,(H2,20,21,22);1H. The molecule has 0 spiro atoms. The summed E-state index contributed by atoms with van der Waals surface area (Å²) in [5, 5.41) is 8.40. The van der Waals surface area contributed by atoms with Gasteiger partial charge in [0.1, 0.15) is 0 Å². The van der Waals surface area contributed by atoms with E-state index in [1.54, 1.807) is 24.3 Å². The minimum absolute atomic E-state index is 0. The summed E-state index contributed by atoms with van der Waals surface area (Å²) in [6.45, 7) is 9.82. The maximum atomic E-state index is 12.5. The topological polar surface area (TPSA) is 82.6 Å². The van der Waals surface area contributed by atoms with Crippen molar-refractivity contribution >= 4 is 51.3 Å². The van der Waals surface area contributed by atoms with Crippen molar-refractivity contribution in [3.05, 3.63) is 51.2 Å². The lowest BCUT2D eigenvalue weighted by molar-refractivity contribution is 0.580. The van der Waals surface area contributed by atoms with Crippen LogP contribution in [0.5, 0.6) is 0 Å². The molecule has 1 heterocycles. The van der Waals surface area contributed by atoms with Gasteiger partial charge in [-0.3, -0.25) is 0 Å². The Kier molecular flexibility index (Phi) is 10.4. The van der Waals surface area contributed by atoms with E-state index in [1.165, 1.54) is 10.4 Å². The minimum atomic E-state index is -3.53. The highest BCUT2D eigenvalue weighted by Gasteiger charge is 2.16. The van der Waals surface area contributed by atoms with Crippen molar-refractivity contribution in [1.29, 1.82) is 0 Å². The number of sulfonamides is 1.